The van der Waals surface area contributed by atoms with E-state index >= 15 is 0 Å². The molecule has 5 nitrogen and oxygen atoms in total. The zero-order chi connectivity index (χ0) is 16.2. The van der Waals surface area contributed by atoms with E-state index in [-0.39, 0.29) is 17.7 Å². The van der Waals surface area contributed by atoms with Crippen molar-refractivity contribution in [3.63, 3.8) is 0 Å². The smallest absolute Gasteiger partial charge is 0.124 e. The van der Waals surface area contributed by atoms with E-state index in [1.165, 1.54) is 0 Å². The van der Waals surface area contributed by atoms with Gasteiger partial charge >= 0.3 is 0 Å². The van der Waals surface area contributed by atoms with Crippen LogP contribution in [0.2, 0.25) is 0 Å². The Morgan fingerprint density at radius 3 is 2.74 bits per heavy atom. The van der Waals surface area contributed by atoms with Crippen LogP contribution in [0.1, 0.15) is 30.0 Å². The molecule has 1 heterocycles. The summed E-state index contributed by atoms with van der Waals surface area (Å²) in [4.78, 5) is 0. The Bertz CT molecular complexity index is 675. The zero-order valence-corrected chi connectivity index (χ0v) is 13.4. The van der Waals surface area contributed by atoms with E-state index in [4.69, 9.17) is 9.47 Å². The molecule has 0 bridgehead atoms. The van der Waals surface area contributed by atoms with Gasteiger partial charge in [0.25, 0.3) is 0 Å². The number of phenols is 1. The first kappa shape index (κ1) is 15.6. The molecule has 3 N–H and O–H groups in total. The van der Waals surface area contributed by atoms with Crippen LogP contribution in [0.15, 0.2) is 42.5 Å². The van der Waals surface area contributed by atoms with Crippen molar-refractivity contribution in [3.8, 4) is 17.2 Å². The Hall–Kier alpha value is -2.24. The molecule has 0 aliphatic carbocycles. The van der Waals surface area contributed by atoms with Gasteiger partial charge in [0.05, 0.1) is 19.8 Å². The van der Waals surface area contributed by atoms with Crippen LogP contribution in [0.5, 0.6) is 17.2 Å². The summed E-state index contributed by atoms with van der Waals surface area (Å²) in [6.45, 7) is 3.26. The van der Waals surface area contributed by atoms with E-state index in [1.54, 1.807) is 13.2 Å². The third-order valence-electron chi connectivity index (χ3n) is 4.17. The third-order valence-corrected chi connectivity index (χ3v) is 4.17. The van der Waals surface area contributed by atoms with Gasteiger partial charge in [-0.05, 0) is 19.1 Å². The number of hydrogen-bond acceptors (Lipinski definition) is 5. The number of hydrazine groups is 1. The molecule has 23 heavy (non-hydrogen) atoms. The molecule has 0 aromatic heterocycles. The van der Waals surface area contributed by atoms with Crippen LogP contribution < -0.4 is 20.3 Å². The molecular formula is C18H22N2O3. The van der Waals surface area contributed by atoms with Crippen molar-refractivity contribution in [1.29, 1.82) is 0 Å². The van der Waals surface area contributed by atoms with E-state index in [0.29, 0.717) is 12.4 Å². The van der Waals surface area contributed by atoms with Gasteiger partial charge in [0.2, 0.25) is 0 Å². The van der Waals surface area contributed by atoms with Crippen LogP contribution in [0.25, 0.3) is 0 Å². The number of benzene rings is 2. The molecule has 2 aromatic rings. The fraction of sp³-hybridized carbons (Fsp3) is 0.333. The molecule has 0 spiro atoms. The Kier molecular flexibility index (Phi) is 4.69. The van der Waals surface area contributed by atoms with Gasteiger partial charge in [0.15, 0.2) is 0 Å². The summed E-state index contributed by atoms with van der Waals surface area (Å²) in [5.74, 6) is 1.93. The number of nitrogens with one attached hydrogen (secondary N) is 2. The van der Waals surface area contributed by atoms with E-state index in [2.05, 4.69) is 16.9 Å². The first-order chi connectivity index (χ1) is 11.2. The second-order valence-corrected chi connectivity index (χ2v) is 5.50. The van der Waals surface area contributed by atoms with Crippen molar-refractivity contribution >= 4 is 0 Å². The summed E-state index contributed by atoms with van der Waals surface area (Å²) in [5, 5.41) is 10.4. The Morgan fingerprint density at radius 1 is 1.17 bits per heavy atom. The van der Waals surface area contributed by atoms with Gasteiger partial charge in [0, 0.05) is 29.7 Å². The van der Waals surface area contributed by atoms with Crippen molar-refractivity contribution in [1.82, 2.24) is 10.9 Å². The highest BCUT2D eigenvalue weighted by Crippen LogP contribution is 2.41. The Balaban J connectivity index is 1.93. The normalized spacial score (nSPS) is 20.4. The van der Waals surface area contributed by atoms with E-state index in [9.17, 15) is 5.11 Å². The van der Waals surface area contributed by atoms with Crippen LogP contribution in [-0.4, -0.2) is 25.4 Å². The number of hydrogen-bond donors (Lipinski definition) is 3. The summed E-state index contributed by atoms with van der Waals surface area (Å²) in [7, 11) is 1.68. The number of phenolic OH excluding ortho intramolecular Hbond substituents is 1. The maximum Gasteiger partial charge on any atom is 0.124 e. The maximum atomic E-state index is 10.4. The highest BCUT2D eigenvalue weighted by Gasteiger charge is 2.33. The van der Waals surface area contributed by atoms with E-state index < -0.39 is 0 Å². The Labute approximate surface area is 136 Å². The van der Waals surface area contributed by atoms with Crippen LogP contribution >= 0.6 is 0 Å². The average molecular weight is 314 g/mol. The molecule has 122 valence electrons. The van der Waals surface area contributed by atoms with Gasteiger partial charge in [0.1, 0.15) is 17.2 Å². The van der Waals surface area contributed by atoms with E-state index in [1.807, 2.05) is 37.3 Å². The number of aromatic hydroxyl groups is 1. The van der Waals surface area contributed by atoms with Crippen molar-refractivity contribution in [3.05, 3.63) is 53.6 Å². The molecule has 0 saturated carbocycles. The Morgan fingerprint density at radius 2 is 2.00 bits per heavy atom. The zero-order valence-electron chi connectivity index (χ0n) is 13.4. The summed E-state index contributed by atoms with van der Waals surface area (Å²) in [6.07, 6.45) is 0. The lowest BCUT2D eigenvalue weighted by molar-refractivity contribution is 0.336. The van der Waals surface area contributed by atoms with Gasteiger partial charge in [-0.3, -0.25) is 5.43 Å². The highest BCUT2D eigenvalue weighted by atomic mass is 16.5. The minimum absolute atomic E-state index is 0.0398. The SMILES string of the molecule is CCOc1ccc(C2NNCC2c2ccccc2OC)c(O)c1. The molecule has 1 saturated heterocycles. The standard InChI is InChI=1S/C18H22N2O3/c1-3-23-12-8-9-14(16(21)10-12)18-15(11-19-20-18)13-6-4-5-7-17(13)22-2/h4-10,15,18-21H,3,11H2,1-2H3. The summed E-state index contributed by atoms with van der Waals surface area (Å²) in [6, 6.07) is 13.4. The molecule has 2 unspecified atom stereocenters. The average Bonchev–Trinajstić information content (AvgIpc) is 3.04. The second kappa shape index (κ2) is 6.89. The number of ether oxygens (including phenoxy) is 2. The van der Waals surface area contributed by atoms with Crippen molar-refractivity contribution in [2.45, 2.75) is 18.9 Å². The summed E-state index contributed by atoms with van der Waals surface area (Å²) >= 11 is 0. The molecule has 1 fully saturated rings. The van der Waals surface area contributed by atoms with E-state index in [0.717, 1.165) is 23.4 Å². The van der Waals surface area contributed by atoms with Gasteiger partial charge < -0.3 is 14.6 Å². The molecule has 2 atom stereocenters. The van der Waals surface area contributed by atoms with Crippen molar-refractivity contribution < 1.29 is 14.6 Å². The first-order valence-corrected chi connectivity index (χ1v) is 7.81. The molecule has 5 heteroatoms. The fourth-order valence-electron chi connectivity index (χ4n) is 3.10. The predicted molar refractivity (Wildman–Crippen MR) is 88.9 cm³/mol. The highest BCUT2D eigenvalue weighted by molar-refractivity contribution is 5.46. The van der Waals surface area contributed by atoms with Gasteiger partial charge in [-0.25, -0.2) is 5.43 Å². The number of para-hydroxylation sites is 1. The molecule has 0 radical (unpaired) electrons. The lowest BCUT2D eigenvalue weighted by Crippen LogP contribution is -2.25. The maximum absolute atomic E-state index is 10.4. The van der Waals surface area contributed by atoms with Crippen molar-refractivity contribution in [2.24, 2.45) is 0 Å². The lowest BCUT2D eigenvalue weighted by Gasteiger charge is -2.22. The lowest BCUT2D eigenvalue weighted by atomic mass is 9.87. The molecule has 0 amide bonds. The second-order valence-electron chi connectivity index (χ2n) is 5.50. The quantitative estimate of drug-likeness (QED) is 0.792. The topological polar surface area (TPSA) is 62.8 Å². The van der Waals surface area contributed by atoms with Crippen LogP contribution in [0.4, 0.5) is 0 Å². The fourth-order valence-corrected chi connectivity index (χ4v) is 3.10. The van der Waals surface area contributed by atoms with Gasteiger partial charge in [-0.1, -0.05) is 24.3 Å². The minimum Gasteiger partial charge on any atom is -0.507 e. The third kappa shape index (κ3) is 3.11. The molecule has 1 aliphatic rings. The van der Waals surface area contributed by atoms with Crippen LogP contribution in [0.3, 0.4) is 0 Å². The van der Waals surface area contributed by atoms with Crippen LogP contribution in [0, 0.1) is 0 Å². The summed E-state index contributed by atoms with van der Waals surface area (Å²) in [5.41, 5.74) is 8.41. The largest absolute Gasteiger partial charge is 0.507 e. The molecule has 2 aromatic carbocycles. The number of rotatable bonds is 5. The molecule has 1 aliphatic heterocycles. The van der Waals surface area contributed by atoms with Gasteiger partial charge in [-0.2, -0.15) is 0 Å². The van der Waals surface area contributed by atoms with Crippen LogP contribution in [-0.2, 0) is 0 Å². The van der Waals surface area contributed by atoms with Gasteiger partial charge in [-0.15, -0.1) is 0 Å². The monoisotopic (exact) mass is 314 g/mol. The molecular weight excluding hydrogens is 292 g/mol. The molecule has 3 rings (SSSR count). The van der Waals surface area contributed by atoms with Crippen molar-refractivity contribution in [2.75, 3.05) is 20.3 Å². The number of methoxy groups -OCH3 is 1. The minimum atomic E-state index is -0.0398. The first-order valence-electron chi connectivity index (χ1n) is 7.81. The predicted octanol–water partition coefficient (Wildman–Crippen LogP) is 2.73. The summed E-state index contributed by atoms with van der Waals surface area (Å²) < 4.78 is 10.9.